The second-order valence-corrected chi connectivity index (χ2v) is 3.77. The van der Waals surface area contributed by atoms with Crippen molar-refractivity contribution in [1.29, 1.82) is 0 Å². The monoisotopic (exact) mass is 226 g/mol. The molecule has 1 aromatic rings. The van der Waals surface area contributed by atoms with Crippen LogP contribution in [0, 0.1) is 6.92 Å². The molecule has 0 amide bonds. The normalized spacial score (nSPS) is 10.0. The molecule has 0 aliphatic rings. The van der Waals surface area contributed by atoms with Crippen molar-refractivity contribution in [3.8, 4) is 0 Å². The van der Waals surface area contributed by atoms with Crippen LogP contribution in [0.25, 0.3) is 0 Å². The summed E-state index contributed by atoms with van der Waals surface area (Å²) in [7, 11) is 0. The van der Waals surface area contributed by atoms with Gasteiger partial charge in [-0.15, -0.1) is 11.8 Å². The smallest absolute Gasteiger partial charge is 0.337 e. The van der Waals surface area contributed by atoms with E-state index in [-0.39, 0.29) is 11.1 Å². The second-order valence-electron chi connectivity index (χ2n) is 2.95. The number of rotatable bonds is 3. The Bertz CT molecular complexity index is 426. The molecule has 0 saturated carbocycles. The molecule has 0 unspecified atom stereocenters. The highest BCUT2D eigenvalue weighted by Gasteiger charge is 2.19. The summed E-state index contributed by atoms with van der Waals surface area (Å²) >= 11 is 1.13. The zero-order chi connectivity index (χ0) is 11.6. The number of carboxylic acids is 2. The maximum Gasteiger partial charge on any atom is 0.337 e. The van der Waals surface area contributed by atoms with Gasteiger partial charge in [0.25, 0.3) is 0 Å². The van der Waals surface area contributed by atoms with Crippen LogP contribution in [-0.2, 0) is 0 Å². The number of benzene rings is 1. The van der Waals surface area contributed by atoms with Crippen LogP contribution in [0.4, 0.5) is 0 Å². The van der Waals surface area contributed by atoms with E-state index in [9.17, 15) is 9.59 Å². The van der Waals surface area contributed by atoms with Gasteiger partial charge in [-0.05, 0) is 24.8 Å². The molecule has 15 heavy (non-hydrogen) atoms. The van der Waals surface area contributed by atoms with E-state index in [0.29, 0.717) is 10.5 Å². The van der Waals surface area contributed by atoms with E-state index in [0.717, 1.165) is 11.8 Å². The first-order valence-electron chi connectivity index (χ1n) is 4.13. The molecule has 5 heteroatoms. The number of carbonyl (C=O) groups is 2. The summed E-state index contributed by atoms with van der Waals surface area (Å²) in [6.45, 7) is 1.65. The molecular formula is C10H10O4S. The molecule has 0 aliphatic carbocycles. The fourth-order valence-electron chi connectivity index (χ4n) is 1.33. The van der Waals surface area contributed by atoms with Crippen molar-refractivity contribution in [2.75, 3.05) is 6.26 Å². The molecule has 0 radical (unpaired) electrons. The van der Waals surface area contributed by atoms with Gasteiger partial charge in [0.2, 0.25) is 0 Å². The lowest BCUT2D eigenvalue weighted by Gasteiger charge is -2.09. The van der Waals surface area contributed by atoms with Crippen molar-refractivity contribution in [1.82, 2.24) is 0 Å². The fraction of sp³-hybridized carbons (Fsp3) is 0.200. The molecule has 0 saturated heterocycles. The van der Waals surface area contributed by atoms with Crippen LogP contribution in [-0.4, -0.2) is 28.4 Å². The minimum atomic E-state index is -1.11. The van der Waals surface area contributed by atoms with Gasteiger partial charge in [0.05, 0.1) is 11.1 Å². The molecule has 0 spiro atoms. The van der Waals surface area contributed by atoms with Crippen LogP contribution in [0.1, 0.15) is 26.3 Å². The SMILES string of the molecule is CSc1c(C(=O)O)ccc(C)c1C(=O)O. The molecule has 80 valence electrons. The van der Waals surface area contributed by atoms with Gasteiger partial charge in [0.1, 0.15) is 0 Å². The molecule has 1 rings (SSSR count). The van der Waals surface area contributed by atoms with Gasteiger partial charge in [-0.1, -0.05) is 6.07 Å². The molecular weight excluding hydrogens is 216 g/mol. The molecule has 1 aromatic carbocycles. The predicted octanol–water partition coefficient (Wildman–Crippen LogP) is 2.11. The van der Waals surface area contributed by atoms with Crippen molar-refractivity contribution < 1.29 is 19.8 Å². The van der Waals surface area contributed by atoms with Gasteiger partial charge in [-0.2, -0.15) is 0 Å². The van der Waals surface area contributed by atoms with Crippen molar-refractivity contribution in [2.45, 2.75) is 11.8 Å². The lowest BCUT2D eigenvalue weighted by Crippen LogP contribution is -2.08. The highest BCUT2D eigenvalue weighted by atomic mass is 32.2. The van der Waals surface area contributed by atoms with Crippen LogP contribution in [0.15, 0.2) is 17.0 Å². The number of thioether (sulfide) groups is 1. The van der Waals surface area contributed by atoms with E-state index in [4.69, 9.17) is 10.2 Å². The van der Waals surface area contributed by atoms with Crippen molar-refractivity contribution in [3.05, 3.63) is 28.8 Å². The Morgan fingerprint density at radius 2 is 1.80 bits per heavy atom. The Hall–Kier alpha value is -1.49. The third kappa shape index (κ3) is 2.12. The molecule has 0 aliphatic heterocycles. The highest BCUT2D eigenvalue weighted by molar-refractivity contribution is 7.98. The standard InChI is InChI=1S/C10H10O4S/c1-5-3-4-6(9(11)12)8(15-2)7(5)10(13)14/h3-4H,1-2H3,(H,11,12)(H,13,14). The van der Waals surface area contributed by atoms with Crippen LogP contribution in [0.5, 0.6) is 0 Å². The number of carboxylic acid groups (broad SMARTS) is 2. The third-order valence-electron chi connectivity index (χ3n) is 2.01. The zero-order valence-electron chi connectivity index (χ0n) is 8.27. The minimum Gasteiger partial charge on any atom is -0.478 e. The molecule has 0 heterocycles. The molecule has 4 nitrogen and oxygen atoms in total. The van der Waals surface area contributed by atoms with Gasteiger partial charge in [-0.25, -0.2) is 9.59 Å². The fourth-order valence-corrected chi connectivity index (χ4v) is 2.16. The maximum atomic E-state index is 11.0. The Balaban J connectivity index is 3.54. The Kier molecular flexibility index (Phi) is 3.36. The largest absolute Gasteiger partial charge is 0.478 e. The van der Waals surface area contributed by atoms with E-state index in [1.54, 1.807) is 13.2 Å². The molecule has 0 atom stereocenters. The lowest BCUT2D eigenvalue weighted by molar-refractivity contribution is 0.0690. The lowest BCUT2D eigenvalue weighted by atomic mass is 10.0. The third-order valence-corrected chi connectivity index (χ3v) is 2.85. The molecule has 2 N–H and O–H groups in total. The molecule has 0 aromatic heterocycles. The van der Waals surface area contributed by atoms with E-state index < -0.39 is 11.9 Å². The van der Waals surface area contributed by atoms with Crippen LogP contribution < -0.4 is 0 Å². The van der Waals surface area contributed by atoms with E-state index in [2.05, 4.69) is 0 Å². The maximum absolute atomic E-state index is 11.0. The summed E-state index contributed by atoms with van der Waals surface area (Å²) in [5.74, 6) is -2.21. The summed E-state index contributed by atoms with van der Waals surface area (Å²) in [5.41, 5.74) is 0.671. The van der Waals surface area contributed by atoms with Crippen molar-refractivity contribution >= 4 is 23.7 Å². The summed E-state index contributed by atoms with van der Waals surface area (Å²) in [5, 5.41) is 17.9. The second kappa shape index (κ2) is 4.35. The highest BCUT2D eigenvalue weighted by Crippen LogP contribution is 2.27. The van der Waals surface area contributed by atoms with Crippen LogP contribution >= 0.6 is 11.8 Å². The summed E-state index contributed by atoms with van der Waals surface area (Å²) in [4.78, 5) is 22.1. The predicted molar refractivity (Wildman–Crippen MR) is 56.9 cm³/mol. The Labute approximate surface area is 90.9 Å². The Morgan fingerprint density at radius 3 is 2.20 bits per heavy atom. The van der Waals surface area contributed by atoms with Crippen molar-refractivity contribution in [3.63, 3.8) is 0 Å². The first kappa shape index (κ1) is 11.6. The average molecular weight is 226 g/mol. The first-order valence-corrected chi connectivity index (χ1v) is 5.35. The van der Waals surface area contributed by atoms with Gasteiger partial charge in [-0.3, -0.25) is 0 Å². The summed E-state index contributed by atoms with van der Waals surface area (Å²) in [6, 6.07) is 2.93. The topological polar surface area (TPSA) is 74.6 Å². The van der Waals surface area contributed by atoms with E-state index in [1.165, 1.54) is 12.1 Å². The number of aryl methyl sites for hydroxylation is 1. The van der Waals surface area contributed by atoms with Gasteiger partial charge in [0, 0.05) is 4.90 Å². The Morgan fingerprint density at radius 1 is 1.20 bits per heavy atom. The van der Waals surface area contributed by atoms with Crippen molar-refractivity contribution in [2.24, 2.45) is 0 Å². The number of hydrogen-bond acceptors (Lipinski definition) is 3. The first-order chi connectivity index (χ1) is 6.99. The molecule has 0 bridgehead atoms. The minimum absolute atomic E-state index is 0.0329. The zero-order valence-corrected chi connectivity index (χ0v) is 9.09. The van der Waals surface area contributed by atoms with E-state index >= 15 is 0 Å². The summed E-state index contributed by atoms with van der Waals surface area (Å²) < 4.78 is 0. The number of hydrogen-bond donors (Lipinski definition) is 2. The quantitative estimate of drug-likeness (QED) is 0.772. The average Bonchev–Trinajstić information content (AvgIpc) is 2.15. The van der Waals surface area contributed by atoms with E-state index in [1.807, 2.05) is 0 Å². The molecule has 0 fully saturated rings. The van der Waals surface area contributed by atoms with Gasteiger partial charge < -0.3 is 10.2 Å². The van der Waals surface area contributed by atoms with Crippen LogP contribution in [0.2, 0.25) is 0 Å². The number of aromatic carboxylic acids is 2. The van der Waals surface area contributed by atoms with Gasteiger partial charge in [0.15, 0.2) is 0 Å². The summed E-state index contributed by atoms with van der Waals surface area (Å²) in [6.07, 6.45) is 1.66. The van der Waals surface area contributed by atoms with Gasteiger partial charge >= 0.3 is 11.9 Å². The van der Waals surface area contributed by atoms with Crippen LogP contribution in [0.3, 0.4) is 0 Å².